The summed E-state index contributed by atoms with van der Waals surface area (Å²) >= 11 is 0. The minimum absolute atomic E-state index is 0.163. The molecule has 3 aromatic rings. The molecule has 0 aliphatic carbocycles. The molecule has 118 valence electrons. The molecule has 0 aliphatic rings. The molecule has 2 heterocycles. The third-order valence-electron chi connectivity index (χ3n) is 3.18. The SMILES string of the molecule is CCn1ncnc1-c1cc(F)cc(C(=O)Nc2cn(C)nn2)c1. The number of aryl methyl sites for hydroxylation is 2. The number of benzene rings is 1. The second-order valence-electron chi connectivity index (χ2n) is 4.86. The molecule has 0 fully saturated rings. The first-order valence-electron chi connectivity index (χ1n) is 6.93. The van der Waals surface area contributed by atoms with Crippen molar-refractivity contribution in [1.82, 2.24) is 29.8 Å². The van der Waals surface area contributed by atoms with Crippen molar-refractivity contribution in [3.05, 3.63) is 42.1 Å². The van der Waals surface area contributed by atoms with Crippen LogP contribution in [-0.2, 0) is 13.6 Å². The van der Waals surface area contributed by atoms with Crippen LogP contribution in [0.2, 0.25) is 0 Å². The molecule has 3 rings (SSSR count). The first-order valence-corrected chi connectivity index (χ1v) is 6.93. The summed E-state index contributed by atoms with van der Waals surface area (Å²) in [5.41, 5.74) is 0.643. The standard InChI is InChI=1S/C14H14FN7O/c1-3-22-13(16-8-17-22)9-4-10(6-11(15)5-9)14(23)18-12-7-21(2)20-19-12/h4-8H,3H2,1-2H3,(H,18,23). The summed E-state index contributed by atoms with van der Waals surface area (Å²) in [6.45, 7) is 2.49. The molecule has 0 saturated carbocycles. The maximum atomic E-state index is 13.9. The predicted octanol–water partition coefficient (Wildman–Crippen LogP) is 1.48. The van der Waals surface area contributed by atoms with Gasteiger partial charge in [-0.3, -0.25) is 9.48 Å². The van der Waals surface area contributed by atoms with Gasteiger partial charge in [-0.15, -0.1) is 5.10 Å². The van der Waals surface area contributed by atoms with Gasteiger partial charge in [0, 0.05) is 24.7 Å². The van der Waals surface area contributed by atoms with Crippen molar-refractivity contribution in [3.63, 3.8) is 0 Å². The summed E-state index contributed by atoms with van der Waals surface area (Å²) in [6.07, 6.45) is 2.94. The Kier molecular flexibility index (Phi) is 3.83. The molecule has 0 bridgehead atoms. The molecule has 0 atom stereocenters. The number of amides is 1. The molecule has 0 saturated heterocycles. The first kappa shape index (κ1) is 14.8. The number of nitrogens with one attached hydrogen (secondary N) is 1. The maximum absolute atomic E-state index is 13.9. The normalized spacial score (nSPS) is 10.7. The minimum atomic E-state index is -0.530. The number of anilines is 1. The molecule has 0 aliphatic heterocycles. The molecule has 1 N–H and O–H groups in total. The molecular weight excluding hydrogens is 301 g/mol. The van der Waals surface area contributed by atoms with Crippen LogP contribution in [0, 0.1) is 5.82 Å². The second kappa shape index (κ2) is 5.95. The second-order valence-corrected chi connectivity index (χ2v) is 4.86. The lowest BCUT2D eigenvalue weighted by molar-refractivity contribution is 0.102. The van der Waals surface area contributed by atoms with E-state index in [0.29, 0.717) is 23.8 Å². The van der Waals surface area contributed by atoms with Gasteiger partial charge < -0.3 is 5.32 Å². The average molecular weight is 315 g/mol. The fraction of sp³-hybridized carbons (Fsp3) is 0.214. The fourth-order valence-corrected chi connectivity index (χ4v) is 2.16. The number of rotatable bonds is 4. The van der Waals surface area contributed by atoms with Crippen molar-refractivity contribution in [1.29, 1.82) is 0 Å². The van der Waals surface area contributed by atoms with Gasteiger partial charge >= 0.3 is 0 Å². The third kappa shape index (κ3) is 3.07. The van der Waals surface area contributed by atoms with E-state index in [2.05, 4.69) is 25.7 Å². The van der Waals surface area contributed by atoms with Crippen molar-refractivity contribution in [2.24, 2.45) is 7.05 Å². The Balaban J connectivity index is 1.92. The van der Waals surface area contributed by atoms with Crippen molar-refractivity contribution >= 4 is 11.7 Å². The van der Waals surface area contributed by atoms with Crippen LogP contribution in [0.15, 0.2) is 30.7 Å². The number of aromatic nitrogens is 6. The highest BCUT2D eigenvalue weighted by atomic mass is 19.1. The predicted molar refractivity (Wildman–Crippen MR) is 80.0 cm³/mol. The lowest BCUT2D eigenvalue weighted by Gasteiger charge is -2.07. The Hall–Kier alpha value is -3.10. The molecule has 23 heavy (non-hydrogen) atoms. The molecular formula is C14H14FN7O. The van der Waals surface area contributed by atoms with Gasteiger partial charge in [-0.2, -0.15) is 5.10 Å². The van der Waals surface area contributed by atoms with Crippen molar-refractivity contribution in [2.45, 2.75) is 13.5 Å². The highest BCUT2D eigenvalue weighted by Gasteiger charge is 2.14. The van der Waals surface area contributed by atoms with Crippen LogP contribution < -0.4 is 5.32 Å². The first-order chi connectivity index (χ1) is 11.1. The summed E-state index contributed by atoms with van der Waals surface area (Å²) < 4.78 is 17.0. The summed E-state index contributed by atoms with van der Waals surface area (Å²) in [5.74, 6) is -0.216. The minimum Gasteiger partial charge on any atom is -0.304 e. The van der Waals surface area contributed by atoms with Crippen LogP contribution in [-0.4, -0.2) is 35.7 Å². The smallest absolute Gasteiger partial charge is 0.257 e. The maximum Gasteiger partial charge on any atom is 0.257 e. The van der Waals surface area contributed by atoms with E-state index in [0.717, 1.165) is 6.07 Å². The van der Waals surface area contributed by atoms with Crippen LogP contribution in [0.25, 0.3) is 11.4 Å². The lowest BCUT2D eigenvalue weighted by atomic mass is 10.1. The van der Waals surface area contributed by atoms with Crippen LogP contribution in [0.3, 0.4) is 0 Å². The van der Waals surface area contributed by atoms with Gasteiger partial charge in [-0.1, -0.05) is 5.21 Å². The largest absolute Gasteiger partial charge is 0.304 e. The van der Waals surface area contributed by atoms with E-state index in [-0.39, 0.29) is 5.56 Å². The summed E-state index contributed by atoms with van der Waals surface area (Å²) in [5, 5.41) is 14.1. The Morgan fingerprint density at radius 2 is 2.17 bits per heavy atom. The van der Waals surface area contributed by atoms with E-state index in [1.54, 1.807) is 24.0 Å². The molecule has 0 unspecified atom stereocenters. The lowest BCUT2D eigenvalue weighted by Crippen LogP contribution is -2.13. The molecule has 1 amide bonds. The van der Waals surface area contributed by atoms with Crippen LogP contribution in [0.5, 0.6) is 0 Å². The van der Waals surface area contributed by atoms with Gasteiger partial charge in [0.25, 0.3) is 5.91 Å². The third-order valence-corrected chi connectivity index (χ3v) is 3.18. The highest BCUT2D eigenvalue weighted by molar-refractivity contribution is 6.04. The van der Waals surface area contributed by atoms with Gasteiger partial charge in [0.1, 0.15) is 12.1 Å². The molecule has 8 nitrogen and oxygen atoms in total. The zero-order valence-corrected chi connectivity index (χ0v) is 12.6. The Labute approximate surface area is 131 Å². The number of hydrogen-bond donors (Lipinski definition) is 1. The topological polar surface area (TPSA) is 90.5 Å². The van der Waals surface area contributed by atoms with Gasteiger partial charge in [-0.25, -0.2) is 14.1 Å². The van der Waals surface area contributed by atoms with Gasteiger partial charge in [0.15, 0.2) is 11.6 Å². The number of carbonyl (C=O) groups excluding carboxylic acids is 1. The van der Waals surface area contributed by atoms with E-state index < -0.39 is 11.7 Å². The van der Waals surface area contributed by atoms with Crippen molar-refractivity contribution < 1.29 is 9.18 Å². The number of hydrogen-bond acceptors (Lipinski definition) is 5. The van der Waals surface area contributed by atoms with Crippen molar-refractivity contribution in [2.75, 3.05) is 5.32 Å². The van der Waals surface area contributed by atoms with E-state index in [4.69, 9.17) is 0 Å². The summed E-state index contributed by atoms with van der Waals surface area (Å²) in [7, 11) is 1.68. The fourth-order valence-electron chi connectivity index (χ4n) is 2.16. The monoisotopic (exact) mass is 315 g/mol. The Bertz CT molecular complexity index is 854. The van der Waals surface area contributed by atoms with E-state index in [1.165, 1.54) is 17.1 Å². The summed E-state index contributed by atoms with van der Waals surface area (Å²) in [4.78, 5) is 16.4. The molecule has 1 aromatic carbocycles. The molecule has 2 aromatic heterocycles. The highest BCUT2D eigenvalue weighted by Crippen LogP contribution is 2.20. The molecule has 0 spiro atoms. The van der Waals surface area contributed by atoms with Gasteiger partial charge in [0.05, 0.1) is 6.20 Å². The van der Waals surface area contributed by atoms with Crippen molar-refractivity contribution in [3.8, 4) is 11.4 Å². The Morgan fingerprint density at radius 3 is 2.87 bits per heavy atom. The zero-order chi connectivity index (χ0) is 16.4. The van der Waals surface area contributed by atoms with Crippen LogP contribution in [0.1, 0.15) is 17.3 Å². The summed E-state index contributed by atoms with van der Waals surface area (Å²) in [6, 6.07) is 4.03. The number of halogens is 1. The zero-order valence-electron chi connectivity index (χ0n) is 12.6. The Morgan fingerprint density at radius 1 is 1.35 bits per heavy atom. The quantitative estimate of drug-likeness (QED) is 0.787. The van der Waals surface area contributed by atoms with E-state index in [9.17, 15) is 9.18 Å². The van der Waals surface area contributed by atoms with E-state index in [1.807, 2.05) is 6.92 Å². The van der Waals surface area contributed by atoms with Crippen LogP contribution in [0.4, 0.5) is 10.2 Å². The number of carbonyl (C=O) groups is 1. The number of nitrogens with zero attached hydrogens (tertiary/aromatic N) is 6. The molecule has 0 radical (unpaired) electrons. The van der Waals surface area contributed by atoms with Crippen LogP contribution >= 0.6 is 0 Å². The average Bonchev–Trinajstić information content (AvgIpc) is 3.15. The van der Waals surface area contributed by atoms with E-state index >= 15 is 0 Å². The van der Waals surface area contributed by atoms with Gasteiger partial charge in [-0.05, 0) is 25.1 Å². The molecule has 9 heteroatoms. The van der Waals surface area contributed by atoms with Gasteiger partial charge in [0.2, 0.25) is 0 Å².